The van der Waals surface area contributed by atoms with Gasteiger partial charge in [-0.1, -0.05) is 0 Å². The molecule has 0 unspecified atom stereocenters. The molecule has 6 nitrogen and oxygen atoms in total. The Bertz CT molecular complexity index is 604. The molecule has 1 fully saturated rings. The molecule has 3 rings (SSSR count). The van der Waals surface area contributed by atoms with Crippen LogP contribution in [0.25, 0.3) is 0 Å². The van der Waals surface area contributed by atoms with Crippen LogP contribution < -0.4 is 14.2 Å². The van der Waals surface area contributed by atoms with Gasteiger partial charge >= 0.3 is 5.97 Å². The van der Waals surface area contributed by atoms with Crippen molar-refractivity contribution in [3.05, 3.63) is 17.7 Å². The first-order valence-corrected chi connectivity index (χ1v) is 8.45. The van der Waals surface area contributed by atoms with Crippen LogP contribution in [-0.4, -0.2) is 38.0 Å². The van der Waals surface area contributed by atoms with Crippen molar-refractivity contribution in [2.45, 2.75) is 38.2 Å². The Kier molecular flexibility index (Phi) is 4.85. The molecule has 0 aromatic heterocycles. The summed E-state index contributed by atoms with van der Waals surface area (Å²) in [5.41, 5.74) is -0.319. The normalized spacial score (nSPS) is 25.9. The molecular weight excluding hydrogens is 312 g/mol. The number of rotatable bonds is 4. The van der Waals surface area contributed by atoms with Gasteiger partial charge in [0.25, 0.3) is 0 Å². The quantitative estimate of drug-likeness (QED) is 0.851. The fourth-order valence-corrected chi connectivity index (χ4v) is 3.50. The third kappa shape index (κ3) is 3.02. The van der Waals surface area contributed by atoms with Crippen LogP contribution in [-0.2, 0) is 15.1 Å². The minimum absolute atomic E-state index is 0.142. The number of hydrogen-bond acceptors (Lipinski definition) is 6. The van der Waals surface area contributed by atoms with E-state index in [4.69, 9.17) is 18.9 Å². The van der Waals surface area contributed by atoms with Crippen molar-refractivity contribution >= 4 is 5.97 Å². The summed E-state index contributed by atoms with van der Waals surface area (Å²) in [5.74, 6) is 1.38. The summed E-state index contributed by atoms with van der Waals surface area (Å²) in [6.07, 6.45) is 2.16. The maximum atomic E-state index is 11.9. The van der Waals surface area contributed by atoms with Crippen molar-refractivity contribution in [3.8, 4) is 17.2 Å². The van der Waals surface area contributed by atoms with E-state index < -0.39 is 5.60 Å². The molecule has 0 atom stereocenters. The van der Waals surface area contributed by atoms with Gasteiger partial charge < -0.3 is 24.1 Å². The molecule has 1 aromatic carbocycles. The molecular formula is C18H24O6. The molecule has 0 bridgehead atoms. The Balaban J connectivity index is 1.83. The lowest BCUT2D eigenvalue weighted by molar-refractivity contribution is -0.151. The van der Waals surface area contributed by atoms with Crippen molar-refractivity contribution in [1.82, 2.24) is 0 Å². The maximum absolute atomic E-state index is 11.9. The molecule has 1 saturated carbocycles. The van der Waals surface area contributed by atoms with Crippen molar-refractivity contribution < 1.29 is 28.8 Å². The Morgan fingerprint density at radius 2 is 1.92 bits per heavy atom. The van der Waals surface area contributed by atoms with E-state index in [-0.39, 0.29) is 11.9 Å². The molecule has 0 amide bonds. The third-order valence-corrected chi connectivity index (χ3v) is 4.81. The van der Waals surface area contributed by atoms with Crippen molar-refractivity contribution in [2.75, 3.05) is 26.9 Å². The van der Waals surface area contributed by atoms with Crippen LogP contribution in [0.5, 0.6) is 17.2 Å². The first kappa shape index (κ1) is 16.9. The van der Waals surface area contributed by atoms with E-state index in [1.54, 1.807) is 20.1 Å². The smallest absolute Gasteiger partial charge is 0.308 e. The topological polar surface area (TPSA) is 74.2 Å². The highest BCUT2D eigenvalue weighted by Crippen LogP contribution is 2.50. The average molecular weight is 336 g/mol. The van der Waals surface area contributed by atoms with Crippen molar-refractivity contribution in [2.24, 2.45) is 5.92 Å². The van der Waals surface area contributed by atoms with E-state index >= 15 is 0 Å². The van der Waals surface area contributed by atoms with Crippen molar-refractivity contribution in [3.63, 3.8) is 0 Å². The fourth-order valence-electron chi connectivity index (χ4n) is 3.50. The second-order valence-electron chi connectivity index (χ2n) is 6.23. The average Bonchev–Trinajstić information content (AvgIpc) is 2.61. The highest BCUT2D eigenvalue weighted by atomic mass is 16.6. The second-order valence-corrected chi connectivity index (χ2v) is 6.23. The van der Waals surface area contributed by atoms with Crippen LogP contribution >= 0.6 is 0 Å². The van der Waals surface area contributed by atoms with Gasteiger partial charge in [-0.25, -0.2) is 0 Å². The second kappa shape index (κ2) is 6.89. The number of hydrogen-bond donors (Lipinski definition) is 1. The fraction of sp³-hybridized carbons (Fsp3) is 0.611. The molecule has 1 aliphatic carbocycles. The molecule has 0 saturated heterocycles. The van der Waals surface area contributed by atoms with E-state index in [2.05, 4.69) is 0 Å². The monoisotopic (exact) mass is 336 g/mol. The summed E-state index contributed by atoms with van der Waals surface area (Å²) in [7, 11) is 1.58. The number of ether oxygens (including phenoxy) is 4. The zero-order chi connectivity index (χ0) is 17.2. The van der Waals surface area contributed by atoms with Crippen LogP contribution in [0.3, 0.4) is 0 Å². The van der Waals surface area contributed by atoms with Crippen LogP contribution in [0.15, 0.2) is 12.1 Å². The Morgan fingerprint density at radius 1 is 1.25 bits per heavy atom. The van der Waals surface area contributed by atoms with E-state index in [9.17, 15) is 9.90 Å². The molecule has 1 aromatic rings. The van der Waals surface area contributed by atoms with Gasteiger partial charge in [0, 0.05) is 5.56 Å². The van der Waals surface area contributed by atoms with Gasteiger partial charge in [-0.15, -0.1) is 0 Å². The number of carbonyl (C=O) groups is 1. The standard InChI is InChI=1S/C18H24O6/c1-3-22-17(19)12-6-8-18(20,9-7-12)13-4-5-14(21-2)16-15(13)23-10-11-24-16/h4-5,12,20H,3,6-11H2,1-2H3. The van der Waals surface area contributed by atoms with Crippen LogP contribution in [0.4, 0.5) is 0 Å². The lowest BCUT2D eigenvalue weighted by Gasteiger charge is -2.37. The predicted molar refractivity (Wildman–Crippen MR) is 86.5 cm³/mol. The highest BCUT2D eigenvalue weighted by Gasteiger charge is 2.41. The summed E-state index contributed by atoms with van der Waals surface area (Å²) in [6.45, 7) is 3.08. The van der Waals surface area contributed by atoms with E-state index in [0.29, 0.717) is 68.3 Å². The molecule has 0 radical (unpaired) electrons. The largest absolute Gasteiger partial charge is 0.493 e. The molecule has 1 N–H and O–H groups in total. The summed E-state index contributed by atoms with van der Waals surface area (Å²) in [6, 6.07) is 3.62. The number of fused-ring (bicyclic) bond motifs is 1. The molecule has 24 heavy (non-hydrogen) atoms. The Labute approximate surface area is 141 Å². The Hall–Kier alpha value is -1.95. The van der Waals surface area contributed by atoms with E-state index in [0.717, 1.165) is 0 Å². The molecule has 1 heterocycles. The van der Waals surface area contributed by atoms with E-state index in [1.807, 2.05) is 6.07 Å². The minimum atomic E-state index is -1.03. The number of aliphatic hydroxyl groups is 1. The number of benzene rings is 1. The van der Waals surface area contributed by atoms with Gasteiger partial charge in [0.15, 0.2) is 11.5 Å². The number of esters is 1. The lowest BCUT2D eigenvalue weighted by atomic mass is 9.74. The Morgan fingerprint density at radius 3 is 2.54 bits per heavy atom. The third-order valence-electron chi connectivity index (χ3n) is 4.81. The van der Waals surface area contributed by atoms with Crippen LogP contribution in [0, 0.1) is 5.92 Å². The molecule has 0 spiro atoms. The van der Waals surface area contributed by atoms with E-state index in [1.165, 1.54) is 0 Å². The van der Waals surface area contributed by atoms with Crippen LogP contribution in [0.1, 0.15) is 38.2 Å². The minimum Gasteiger partial charge on any atom is -0.493 e. The SMILES string of the molecule is CCOC(=O)C1CCC(O)(c2ccc(OC)c3c2OCCO3)CC1. The summed E-state index contributed by atoms with van der Waals surface area (Å²) in [5, 5.41) is 11.2. The summed E-state index contributed by atoms with van der Waals surface area (Å²) < 4.78 is 21.9. The zero-order valence-corrected chi connectivity index (χ0v) is 14.2. The summed E-state index contributed by atoms with van der Waals surface area (Å²) >= 11 is 0. The van der Waals surface area contributed by atoms with Crippen LogP contribution in [0.2, 0.25) is 0 Å². The van der Waals surface area contributed by atoms with Gasteiger partial charge in [0.1, 0.15) is 13.2 Å². The molecule has 132 valence electrons. The predicted octanol–water partition coefficient (Wildman–Crippen LogP) is 2.41. The zero-order valence-electron chi connectivity index (χ0n) is 14.2. The van der Waals surface area contributed by atoms with Gasteiger partial charge in [-0.2, -0.15) is 0 Å². The van der Waals surface area contributed by atoms with Gasteiger partial charge in [-0.3, -0.25) is 4.79 Å². The molecule has 2 aliphatic rings. The first-order valence-electron chi connectivity index (χ1n) is 8.45. The number of carbonyl (C=O) groups excluding carboxylic acids is 1. The maximum Gasteiger partial charge on any atom is 0.308 e. The highest BCUT2D eigenvalue weighted by molar-refractivity contribution is 5.72. The lowest BCUT2D eigenvalue weighted by Crippen LogP contribution is -2.35. The summed E-state index contributed by atoms with van der Waals surface area (Å²) in [4.78, 5) is 11.9. The van der Waals surface area contributed by atoms with Gasteiger partial charge in [0.05, 0.1) is 25.2 Å². The van der Waals surface area contributed by atoms with Crippen molar-refractivity contribution in [1.29, 1.82) is 0 Å². The number of methoxy groups -OCH3 is 1. The van der Waals surface area contributed by atoms with Gasteiger partial charge in [0.2, 0.25) is 5.75 Å². The molecule has 6 heteroatoms. The molecule has 1 aliphatic heterocycles. The van der Waals surface area contributed by atoms with Gasteiger partial charge in [-0.05, 0) is 44.7 Å². The first-order chi connectivity index (χ1) is 11.6.